The lowest BCUT2D eigenvalue weighted by atomic mass is 10.2. The molecule has 2 aliphatic rings. The highest BCUT2D eigenvalue weighted by Crippen LogP contribution is 2.14. The number of nitrogens with one attached hydrogen (secondary N) is 8. The van der Waals surface area contributed by atoms with E-state index in [1.165, 1.54) is 0 Å². The van der Waals surface area contributed by atoms with Gasteiger partial charge in [0.2, 0.25) is 0 Å². The SMILES string of the molecule is C1=CNC(C(NCCCNC(c2ncc[nH]2)C2NC=CN2)c2ncc[nH]2)N1. The summed E-state index contributed by atoms with van der Waals surface area (Å²) in [6.07, 6.45) is 16.0. The molecule has 8 N–H and O–H groups in total. The van der Waals surface area contributed by atoms with E-state index < -0.39 is 0 Å². The molecule has 10 heteroatoms. The molecule has 0 bridgehead atoms. The minimum atomic E-state index is 0.0539. The van der Waals surface area contributed by atoms with Crippen LogP contribution in [-0.4, -0.2) is 45.4 Å². The van der Waals surface area contributed by atoms with Gasteiger partial charge in [-0.05, 0) is 19.5 Å². The quantitative estimate of drug-likeness (QED) is 0.262. The predicted molar refractivity (Wildman–Crippen MR) is 102 cm³/mol. The van der Waals surface area contributed by atoms with Crippen LogP contribution in [0.25, 0.3) is 0 Å². The van der Waals surface area contributed by atoms with Crippen LogP contribution in [0.5, 0.6) is 0 Å². The van der Waals surface area contributed by atoms with Crippen LogP contribution < -0.4 is 31.9 Å². The largest absolute Gasteiger partial charge is 0.369 e. The van der Waals surface area contributed by atoms with Crippen molar-refractivity contribution < 1.29 is 0 Å². The van der Waals surface area contributed by atoms with Crippen LogP contribution in [0, 0.1) is 0 Å². The second-order valence-electron chi connectivity index (χ2n) is 6.45. The smallest absolute Gasteiger partial charge is 0.127 e. The monoisotopic (exact) mass is 370 g/mol. The molecule has 0 saturated carbocycles. The molecule has 0 spiro atoms. The number of imidazole rings is 2. The highest BCUT2D eigenvalue weighted by Gasteiger charge is 2.26. The molecule has 2 atom stereocenters. The van der Waals surface area contributed by atoms with Gasteiger partial charge in [0.1, 0.15) is 36.1 Å². The Bertz CT molecular complexity index is 645. The summed E-state index contributed by atoms with van der Waals surface area (Å²) < 4.78 is 0. The van der Waals surface area contributed by atoms with Crippen molar-refractivity contribution in [2.24, 2.45) is 0 Å². The zero-order valence-electron chi connectivity index (χ0n) is 14.9. The fourth-order valence-electron chi connectivity index (χ4n) is 3.33. The summed E-state index contributed by atoms with van der Waals surface area (Å²) in [5.41, 5.74) is 0. The highest BCUT2D eigenvalue weighted by atomic mass is 15.2. The maximum Gasteiger partial charge on any atom is 0.127 e. The van der Waals surface area contributed by atoms with Gasteiger partial charge >= 0.3 is 0 Å². The molecular weight excluding hydrogens is 344 g/mol. The van der Waals surface area contributed by atoms with Crippen LogP contribution in [-0.2, 0) is 0 Å². The van der Waals surface area contributed by atoms with Crippen LogP contribution in [0.3, 0.4) is 0 Å². The van der Waals surface area contributed by atoms with Crippen LogP contribution in [0.4, 0.5) is 0 Å². The van der Waals surface area contributed by atoms with Crippen molar-refractivity contribution in [3.05, 3.63) is 61.2 Å². The average molecular weight is 370 g/mol. The molecule has 0 aromatic carbocycles. The molecule has 0 aliphatic carbocycles. The zero-order valence-corrected chi connectivity index (χ0v) is 14.9. The van der Waals surface area contributed by atoms with Gasteiger partial charge in [-0.1, -0.05) is 0 Å². The fourth-order valence-corrected chi connectivity index (χ4v) is 3.33. The minimum Gasteiger partial charge on any atom is -0.369 e. The van der Waals surface area contributed by atoms with Gasteiger partial charge < -0.3 is 41.9 Å². The van der Waals surface area contributed by atoms with Crippen molar-refractivity contribution in [2.75, 3.05) is 13.1 Å². The number of aromatic nitrogens is 4. The second-order valence-corrected chi connectivity index (χ2v) is 6.45. The third-order valence-corrected chi connectivity index (χ3v) is 4.65. The Balaban J connectivity index is 1.26. The summed E-state index contributed by atoms with van der Waals surface area (Å²) in [7, 11) is 0. The Labute approximate surface area is 157 Å². The molecule has 2 aromatic rings. The van der Waals surface area contributed by atoms with Crippen molar-refractivity contribution in [3.63, 3.8) is 0 Å². The number of rotatable bonds is 10. The maximum absolute atomic E-state index is 4.40. The van der Waals surface area contributed by atoms with E-state index in [9.17, 15) is 0 Å². The Morgan fingerprint density at radius 2 is 1.19 bits per heavy atom. The van der Waals surface area contributed by atoms with Crippen molar-refractivity contribution in [3.8, 4) is 0 Å². The molecule has 2 aromatic heterocycles. The first-order chi connectivity index (χ1) is 13.4. The first-order valence-corrected chi connectivity index (χ1v) is 9.21. The van der Waals surface area contributed by atoms with Gasteiger partial charge in [0.05, 0.1) is 0 Å². The molecule has 4 heterocycles. The van der Waals surface area contributed by atoms with E-state index in [4.69, 9.17) is 0 Å². The predicted octanol–water partition coefficient (Wildman–Crippen LogP) is -0.535. The van der Waals surface area contributed by atoms with Gasteiger partial charge in [0, 0.05) is 49.6 Å². The first kappa shape index (κ1) is 17.4. The van der Waals surface area contributed by atoms with E-state index in [-0.39, 0.29) is 24.4 Å². The van der Waals surface area contributed by atoms with Crippen LogP contribution in [0.15, 0.2) is 49.6 Å². The number of H-pyrrole nitrogens is 2. The molecule has 27 heavy (non-hydrogen) atoms. The molecule has 10 nitrogen and oxygen atoms in total. The van der Waals surface area contributed by atoms with E-state index >= 15 is 0 Å². The van der Waals surface area contributed by atoms with Crippen LogP contribution >= 0.6 is 0 Å². The molecule has 0 amide bonds. The number of nitrogens with zero attached hydrogens (tertiary/aromatic N) is 2. The molecule has 2 aliphatic heterocycles. The summed E-state index contributed by atoms with van der Waals surface area (Å²) in [5, 5.41) is 20.3. The Morgan fingerprint density at radius 3 is 1.56 bits per heavy atom. The lowest BCUT2D eigenvalue weighted by Gasteiger charge is -2.26. The number of aromatic amines is 2. The summed E-state index contributed by atoms with van der Waals surface area (Å²) in [6, 6.07) is 0.108. The summed E-state index contributed by atoms with van der Waals surface area (Å²) in [5.74, 6) is 1.83. The Hall–Kier alpha value is -2.98. The van der Waals surface area contributed by atoms with E-state index in [0.717, 1.165) is 31.2 Å². The molecular formula is C17H26N10. The topological polar surface area (TPSA) is 130 Å². The Kier molecular flexibility index (Phi) is 5.56. The fraction of sp³-hybridized carbons (Fsp3) is 0.412. The number of hydrogen-bond donors (Lipinski definition) is 8. The van der Waals surface area contributed by atoms with Gasteiger partial charge in [-0.2, -0.15) is 0 Å². The minimum absolute atomic E-state index is 0.0539. The van der Waals surface area contributed by atoms with Gasteiger partial charge in [0.15, 0.2) is 0 Å². The third-order valence-electron chi connectivity index (χ3n) is 4.65. The molecule has 2 unspecified atom stereocenters. The molecule has 0 radical (unpaired) electrons. The molecule has 144 valence electrons. The normalized spacial score (nSPS) is 18.7. The van der Waals surface area contributed by atoms with Gasteiger partial charge in [0.25, 0.3) is 0 Å². The van der Waals surface area contributed by atoms with E-state index in [1.54, 1.807) is 12.4 Å². The average Bonchev–Trinajstić information content (AvgIpc) is 3.51. The molecule has 0 saturated heterocycles. The zero-order chi connectivity index (χ0) is 18.3. The maximum atomic E-state index is 4.40. The number of hydrogen-bond acceptors (Lipinski definition) is 8. The van der Waals surface area contributed by atoms with Gasteiger partial charge in [-0.3, -0.25) is 0 Å². The highest BCUT2D eigenvalue weighted by molar-refractivity contribution is 5.07. The Morgan fingerprint density at radius 1 is 0.741 bits per heavy atom. The summed E-state index contributed by atoms with van der Waals surface area (Å²) in [6.45, 7) is 1.71. The lowest BCUT2D eigenvalue weighted by molar-refractivity contribution is 0.358. The second kappa shape index (κ2) is 8.60. The standard InChI is InChI=1S/C17H26N10/c1(2-18-12(14-20-4-5-21-14)15-22-6-7-23-15)3-19-13(16-24-8-9-25-16)17-26-10-11-27-17/h4-14,16,18-21,24-25H,1-3H2,(H,22,23)(H,26,27). The van der Waals surface area contributed by atoms with Crippen molar-refractivity contribution in [1.29, 1.82) is 0 Å². The third kappa shape index (κ3) is 4.23. The van der Waals surface area contributed by atoms with Gasteiger partial charge in [-0.25, -0.2) is 9.97 Å². The molecule has 0 fully saturated rings. The van der Waals surface area contributed by atoms with Crippen molar-refractivity contribution in [2.45, 2.75) is 30.8 Å². The van der Waals surface area contributed by atoms with Crippen molar-refractivity contribution >= 4 is 0 Å². The van der Waals surface area contributed by atoms with E-state index in [2.05, 4.69) is 51.8 Å². The van der Waals surface area contributed by atoms with Crippen LogP contribution in [0.2, 0.25) is 0 Å². The first-order valence-electron chi connectivity index (χ1n) is 9.21. The molecule has 4 rings (SSSR count). The summed E-state index contributed by atoms with van der Waals surface area (Å²) in [4.78, 5) is 15.2. The van der Waals surface area contributed by atoms with Crippen LogP contribution in [0.1, 0.15) is 30.2 Å². The van der Waals surface area contributed by atoms with E-state index in [1.807, 2.05) is 37.2 Å². The van der Waals surface area contributed by atoms with Gasteiger partial charge in [-0.15, -0.1) is 0 Å². The summed E-state index contributed by atoms with van der Waals surface area (Å²) >= 11 is 0. The van der Waals surface area contributed by atoms with E-state index in [0.29, 0.717) is 0 Å². The van der Waals surface area contributed by atoms with Crippen molar-refractivity contribution in [1.82, 2.24) is 51.8 Å². The lowest BCUT2D eigenvalue weighted by Crippen LogP contribution is -2.46.